The molecule has 0 spiro atoms. The van der Waals surface area contributed by atoms with Crippen molar-refractivity contribution >= 4 is 6.29 Å². The number of carbonyl (C=O) groups is 1. The van der Waals surface area contributed by atoms with Gasteiger partial charge in [-0.1, -0.05) is 11.6 Å². The molecule has 64 valence electrons. The normalized spacial score (nSPS) is 11.6. The molecule has 0 aliphatic carbocycles. The fraction of sp³-hybridized carbons (Fsp3) is 0.667. The van der Waals surface area contributed by atoms with Crippen molar-refractivity contribution in [2.45, 2.75) is 26.2 Å². The third kappa shape index (κ3) is 7.26. The van der Waals surface area contributed by atoms with Crippen molar-refractivity contribution in [1.29, 1.82) is 0 Å². The zero-order chi connectivity index (χ0) is 8.53. The molecule has 2 heteroatoms. The first-order chi connectivity index (χ1) is 5.31. The van der Waals surface area contributed by atoms with Gasteiger partial charge < -0.3 is 9.53 Å². The summed E-state index contributed by atoms with van der Waals surface area (Å²) in [4.78, 5) is 9.99. The maximum absolute atomic E-state index is 9.99. The molecule has 0 aromatic rings. The molecule has 0 atom stereocenters. The Hall–Kier alpha value is -0.630. The number of aldehydes is 1. The second kappa shape index (κ2) is 7.48. The van der Waals surface area contributed by atoms with Crippen LogP contribution in [0.5, 0.6) is 0 Å². The lowest BCUT2D eigenvalue weighted by atomic mass is 10.1. The van der Waals surface area contributed by atoms with Crippen molar-refractivity contribution in [1.82, 2.24) is 0 Å². The van der Waals surface area contributed by atoms with Crippen LogP contribution in [0.1, 0.15) is 26.2 Å². The standard InChI is InChI=1S/C9H16O2/c1-9(5-3-7-10)6-4-8-11-2/h6-7H,3-5,8H2,1-2H3. The lowest BCUT2D eigenvalue weighted by molar-refractivity contribution is -0.107. The van der Waals surface area contributed by atoms with Crippen LogP contribution in [-0.4, -0.2) is 20.0 Å². The van der Waals surface area contributed by atoms with E-state index in [4.69, 9.17) is 4.74 Å². The molecule has 2 nitrogen and oxygen atoms in total. The molecule has 0 bridgehead atoms. The summed E-state index contributed by atoms with van der Waals surface area (Å²) in [6.45, 7) is 2.80. The SMILES string of the molecule is COCCC=C(C)CCC=O. The van der Waals surface area contributed by atoms with Crippen molar-refractivity contribution in [3.63, 3.8) is 0 Å². The van der Waals surface area contributed by atoms with Crippen LogP contribution in [-0.2, 0) is 9.53 Å². The van der Waals surface area contributed by atoms with Crippen LogP contribution in [0.25, 0.3) is 0 Å². The Morgan fingerprint density at radius 3 is 2.73 bits per heavy atom. The maximum Gasteiger partial charge on any atom is 0.120 e. The summed E-state index contributed by atoms with van der Waals surface area (Å²) in [7, 11) is 1.69. The van der Waals surface area contributed by atoms with Crippen LogP contribution >= 0.6 is 0 Å². The number of hydrogen-bond donors (Lipinski definition) is 0. The van der Waals surface area contributed by atoms with E-state index in [0.29, 0.717) is 6.42 Å². The molecule has 0 saturated carbocycles. The fourth-order valence-corrected chi connectivity index (χ4v) is 0.812. The number of rotatable bonds is 6. The molecule has 0 aromatic carbocycles. The number of hydrogen-bond acceptors (Lipinski definition) is 2. The van der Waals surface area contributed by atoms with Gasteiger partial charge in [-0.3, -0.25) is 0 Å². The Bertz CT molecular complexity index is 128. The molecule has 0 heterocycles. The number of methoxy groups -OCH3 is 1. The summed E-state index contributed by atoms with van der Waals surface area (Å²) in [5, 5.41) is 0. The molecule has 0 rings (SSSR count). The van der Waals surface area contributed by atoms with Crippen molar-refractivity contribution < 1.29 is 9.53 Å². The lowest BCUT2D eigenvalue weighted by Gasteiger charge is -1.96. The van der Waals surface area contributed by atoms with Crippen molar-refractivity contribution in [3.8, 4) is 0 Å². The van der Waals surface area contributed by atoms with E-state index in [1.54, 1.807) is 7.11 Å². The van der Waals surface area contributed by atoms with E-state index in [0.717, 1.165) is 25.7 Å². The van der Waals surface area contributed by atoms with Crippen LogP contribution in [0, 0.1) is 0 Å². The predicted octanol–water partition coefficient (Wildman–Crippen LogP) is 1.95. The molecule has 0 N–H and O–H groups in total. The summed E-state index contributed by atoms with van der Waals surface area (Å²) in [5.41, 5.74) is 1.27. The number of ether oxygens (including phenoxy) is 1. The first kappa shape index (κ1) is 10.4. The fourth-order valence-electron chi connectivity index (χ4n) is 0.812. The van der Waals surface area contributed by atoms with Crippen molar-refractivity contribution in [2.75, 3.05) is 13.7 Å². The Labute approximate surface area is 68.2 Å². The molecular weight excluding hydrogens is 140 g/mol. The first-order valence-corrected chi connectivity index (χ1v) is 3.89. The smallest absolute Gasteiger partial charge is 0.120 e. The first-order valence-electron chi connectivity index (χ1n) is 3.89. The molecular formula is C9H16O2. The molecule has 0 amide bonds. The molecule has 0 aliphatic heterocycles. The van der Waals surface area contributed by atoms with Gasteiger partial charge in [0.05, 0.1) is 0 Å². The van der Waals surface area contributed by atoms with Gasteiger partial charge in [0.1, 0.15) is 6.29 Å². The van der Waals surface area contributed by atoms with Gasteiger partial charge in [0.25, 0.3) is 0 Å². The summed E-state index contributed by atoms with van der Waals surface area (Å²) in [6, 6.07) is 0. The minimum atomic E-state index is 0.634. The summed E-state index contributed by atoms with van der Waals surface area (Å²) >= 11 is 0. The minimum Gasteiger partial charge on any atom is -0.384 e. The zero-order valence-corrected chi connectivity index (χ0v) is 7.30. The molecule has 0 saturated heterocycles. The van der Waals surface area contributed by atoms with Crippen LogP contribution in [0.3, 0.4) is 0 Å². The summed E-state index contributed by atoms with van der Waals surface area (Å²) < 4.78 is 4.88. The van der Waals surface area contributed by atoms with Crippen LogP contribution < -0.4 is 0 Å². The van der Waals surface area contributed by atoms with E-state index in [9.17, 15) is 4.79 Å². The van der Waals surface area contributed by atoms with E-state index >= 15 is 0 Å². The Balaban J connectivity index is 3.37. The third-order valence-electron chi connectivity index (χ3n) is 1.47. The van der Waals surface area contributed by atoms with E-state index in [2.05, 4.69) is 6.08 Å². The van der Waals surface area contributed by atoms with E-state index in [-0.39, 0.29) is 0 Å². The van der Waals surface area contributed by atoms with E-state index < -0.39 is 0 Å². The highest BCUT2D eigenvalue weighted by Gasteiger charge is 1.88. The van der Waals surface area contributed by atoms with Crippen LogP contribution in [0.2, 0.25) is 0 Å². The largest absolute Gasteiger partial charge is 0.384 e. The Kier molecular flexibility index (Phi) is 7.05. The molecule has 0 fully saturated rings. The Morgan fingerprint density at radius 1 is 1.45 bits per heavy atom. The van der Waals surface area contributed by atoms with Crippen molar-refractivity contribution in [2.24, 2.45) is 0 Å². The molecule has 0 aromatic heterocycles. The van der Waals surface area contributed by atoms with Gasteiger partial charge in [-0.05, 0) is 19.8 Å². The number of allylic oxidation sites excluding steroid dienone is 1. The van der Waals surface area contributed by atoms with Gasteiger partial charge in [-0.2, -0.15) is 0 Å². The second-order valence-electron chi connectivity index (χ2n) is 2.54. The van der Waals surface area contributed by atoms with Crippen molar-refractivity contribution in [3.05, 3.63) is 11.6 Å². The Morgan fingerprint density at radius 2 is 2.18 bits per heavy atom. The lowest BCUT2D eigenvalue weighted by Crippen LogP contribution is -1.86. The molecule has 0 unspecified atom stereocenters. The summed E-state index contributed by atoms with van der Waals surface area (Å²) in [5.74, 6) is 0. The predicted molar refractivity (Wildman–Crippen MR) is 45.5 cm³/mol. The quantitative estimate of drug-likeness (QED) is 0.334. The average molecular weight is 156 g/mol. The highest BCUT2D eigenvalue weighted by Crippen LogP contribution is 2.02. The van der Waals surface area contributed by atoms with E-state index in [1.807, 2.05) is 6.92 Å². The van der Waals surface area contributed by atoms with Crippen LogP contribution in [0.15, 0.2) is 11.6 Å². The van der Waals surface area contributed by atoms with Gasteiger partial charge in [-0.25, -0.2) is 0 Å². The second-order valence-corrected chi connectivity index (χ2v) is 2.54. The van der Waals surface area contributed by atoms with Gasteiger partial charge in [0.2, 0.25) is 0 Å². The summed E-state index contributed by atoms with van der Waals surface area (Å²) in [6.07, 6.45) is 5.53. The minimum absolute atomic E-state index is 0.634. The third-order valence-corrected chi connectivity index (χ3v) is 1.47. The number of carbonyl (C=O) groups excluding carboxylic acids is 1. The average Bonchev–Trinajstić information content (AvgIpc) is 2.01. The maximum atomic E-state index is 9.99. The van der Waals surface area contributed by atoms with Gasteiger partial charge in [-0.15, -0.1) is 0 Å². The van der Waals surface area contributed by atoms with Gasteiger partial charge in [0, 0.05) is 20.1 Å². The van der Waals surface area contributed by atoms with Gasteiger partial charge in [0.15, 0.2) is 0 Å². The highest BCUT2D eigenvalue weighted by atomic mass is 16.5. The molecule has 11 heavy (non-hydrogen) atoms. The zero-order valence-electron chi connectivity index (χ0n) is 7.30. The van der Waals surface area contributed by atoms with Crippen LogP contribution in [0.4, 0.5) is 0 Å². The topological polar surface area (TPSA) is 26.3 Å². The monoisotopic (exact) mass is 156 g/mol. The molecule has 0 aliphatic rings. The van der Waals surface area contributed by atoms with Gasteiger partial charge >= 0.3 is 0 Å². The van der Waals surface area contributed by atoms with E-state index in [1.165, 1.54) is 5.57 Å². The molecule has 0 radical (unpaired) electrons. The highest BCUT2D eigenvalue weighted by molar-refractivity contribution is 5.49.